The second-order valence-corrected chi connectivity index (χ2v) is 9.62. The number of primary amides is 1. The number of amides is 3. The average molecular weight is 442 g/mol. The monoisotopic (exact) mass is 441 g/mol. The Morgan fingerprint density at radius 3 is 2.56 bits per heavy atom. The van der Waals surface area contributed by atoms with Gasteiger partial charge in [0.15, 0.2) is 0 Å². The number of rotatable bonds is 6. The number of hydrogen-bond donors (Lipinski definition) is 1. The molecule has 0 radical (unpaired) electrons. The first-order valence-electron chi connectivity index (χ1n) is 12.2. The zero-order valence-electron chi connectivity index (χ0n) is 19.1. The number of nitrogens with two attached hydrogens (primary N) is 1. The lowest BCUT2D eigenvalue weighted by atomic mass is 9.88. The number of hydrogen-bond acceptors (Lipinski definition) is 5. The van der Waals surface area contributed by atoms with E-state index in [2.05, 4.69) is 0 Å². The minimum absolute atomic E-state index is 0.0406. The van der Waals surface area contributed by atoms with Crippen LogP contribution in [-0.4, -0.2) is 52.2 Å². The molecule has 1 aromatic heterocycles. The fourth-order valence-corrected chi connectivity index (χ4v) is 5.40. The molecule has 1 atom stereocenters. The van der Waals surface area contributed by atoms with Gasteiger partial charge in [-0.05, 0) is 44.9 Å². The van der Waals surface area contributed by atoms with Gasteiger partial charge in [-0.1, -0.05) is 19.3 Å². The van der Waals surface area contributed by atoms with E-state index in [9.17, 15) is 14.4 Å². The SMILES string of the molecule is Cc1nc(C2CCCN(C(=O)CCC(N)=O)C2)nc2c1CCC(=O)N2CC1CCCCC1. The predicted octanol–water partition coefficient (Wildman–Crippen LogP) is 2.62. The maximum atomic E-state index is 12.9. The first kappa shape index (κ1) is 22.7. The number of nitrogens with zero attached hydrogens (tertiary/aromatic N) is 4. The van der Waals surface area contributed by atoms with Gasteiger partial charge in [0, 0.05) is 56.1 Å². The van der Waals surface area contributed by atoms with E-state index in [1.807, 2.05) is 11.8 Å². The van der Waals surface area contributed by atoms with E-state index in [-0.39, 0.29) is 30.6 Å². The van der Waals surface area contributed by atoms with Crippen molar-refractivity contribution < 1.29 is 14.4 Å². The number of aromatic nitrogens is 2. The molecule has 3 heterocycles. The van der Waals surface area contributed by atoms with Crippen molar-refractivity contribution in [3.63, 3.8) is 0 Å². The lowest BCUT2D eigenvalue weighted by Crippen LogP contribution is -2.42. The van der Waals surface area contributed by atoms with E-state index in [0.717, 1.165) is 42.3 Å². The predicted molar refractivity (Wildman–Crippen MR) is 121 cm³/mol. The number of aryl methyl sites for hydroxylation is 1. The van der Waals surface area contributed by atoms with Gasteiger partial charge in [0.25, 0.3) is 0 Å². The second kappa shape index (κ2) is 9.96. The van der Waals surface area contributed by atoms with E-state index < -0.39 is 5.91 Å². The molecule has 1 saturated heterocycles. The molecule has 3 amide bonds. The molecule has 32 heavy (non-hydrogen) atoms. The molecule has 1 unspecified atom stereocenters. The van der Waals surface area contributed by atoms with Crippen molar-refractivity contribution in [1.29, 1.82) is 0 Å². The van der Waals surface area contributed by atoms with Gasteiger partial charge in [0.2, 0.25) is 17.7 Å². The summed E-state index contributed by atoms with van der Waals surface area (Å²) in [5.41, 5.74) is 7.24. The highest BCUT2D eigenvalue weighted by molar-refractivity contribution is 5.95. The molecule has 0 spiro atoms. The summed E-state index contributed by atoms with van der Waals surface area (Å²) >= 11 is 0. The molecule has 4 rings (SSSR count). The molecular formula is C24H35N5O3. The number of anilines is 1. The smallest absolute Gasteiger partial charge is 0.228 e. The maximum Gasteiger partial charge on any atom is 0.228 e. The molecule has 8 nitrogen and oxygen atoms in total. The summed E-state index contributed by atoms with van der Waals surface area (Å²) in [6.07, 6.45) is 9.38. The largest absolute Gasteiger partial charge is 0.370 e. The lowest BCUT2D eigenvalue weighted by Gasteiger charge is -2.35. The van der Waals surface area contributed by atoms with Crippen LogP contribution in [0.15, 0.2) is 0 Å². The molecule has 0 aromatic carbocycles. The van der Waals surface area contributed by atoms with E-state index in [1.165, 1.54) is 32.1 Å². The molecule has 0 bridgehead atoms. The topological polar surface area (TPSA) is 109 Å². The van der Waals surface area contributed by atoms with Gasteiger partial charge in [0.1, 0.15) is 11.6 Å². The molecular weight excluding hydrogens is 406 g/mol. The van der Waals surface area contributed by atoms with Crippen LogP contribution in [0.5, 0.6) is 0 Å². The van der Waals surface area contributed by atoms with Crippen LogP contribution in [0.4, 0.5) is 5.82 Å². The third-order valence-corrected chi connectivity index (χ3v) is 7.24. The number of carbonyl (C=O) groups excluding carboxylic acids is 3. The minimum Gasteiger partial charge on any atom is -0.370 e. The fraction of sp³-hybridized carbons (Fsp3) is 0.708. The minimum atomic E-state index is -0.455. The third-order valence-electron chi connectivity index (χ3n) is 7.24. The highest BCUT2D eigenvalue weighted by Crippen LogP contribution is 2.34. The summed E-state index contributed by atoms with van der Waals surface area (Å²) < 4.78 is 0. The Morgan fingerprint density at radius 1 is 1.03 bits per heavy atom. The number of piperidine rings is 1. The van der Waals surface area contributed by atoms with Crippen LogP contribution in [-0.2, 0) is 20.8 Å². The third kappa shape index (κ3) is 5.10. The van der Waals surface area contributed by atoms with Crippen molar-refractivity contribution in [2.45, 2.75) is 83.5 Å². The van der Waals surface area contributed by atoms with Gasteiger partial charge in [0.05, 0.1) is 0 Å². The van der Waals surface area contributed by atoms with Gasteiger partial charge >= 0.3 is 0 Å². The molecule has 2 fully saturated rings. The molecule has 3 aliphatic rings. The van der Waals surface area contributed by atoms with Gasteiger partial charge < -0.3 is 10.6 Å². The summed E-state index contributed by atoms with van der Waals surface area (Å²) in [6.45, 7) is 4.00. The zero-order valence-corrected chi connectivity index (χ0v) is 19.1. The van der Waals surface area contributed by atoms with Crippen LogP contribution >= 0.6 is 0 Å². The molecule has 174 valence electrons. The van der Waals surface area contributed by atoms with E-state index >= 15 is 0 Å². The molecule has 1 aliphatic carbocycles. The molecule has 8 heteroatoms. The molecule has 1 aromatic rings. The van der Waals surface area contributed by atoms with E-state index in [1.54, 1.807) is 4.90 Å². The number of fused-ring (bicyclic) bond motifs is 1. The Bertz CT molecular complexity index is 881. The summed E-state index contributed by atoms with van der Waals surface area (Å²) in [5, 5.41) is 0. The summed E-state index contributed by atoms with van der Waals surface area (Å²) in [4.78, 5) is 49.9. The van der Waals surface area contributed by atoms with E-state index in [4.69, 9.17) is 15.7 Å². The highest BCUT2D eigenvalue weighted by Gasteiger charge is 2.33. The van der Waals surface area contributed by atoms with Gasteiger partial charge in [-0.2, -0.15) is 0 Å². The maximum absolute atomic E-state index is 12.9. The van der Waals surface area contributed by atoms with Gasteiger partial charge in [-0.3, -0.25) is 19.3 Å². The van der Waals surface area contributed by atoms with Crippen LogP contribution in [0.25, 0.3) is 0 Å². The van der Waals surface area contributed by atoms with Crippen molar-refractivity contribution in [2.24, 2.45) is 11.7 Å². The Balaban J connectivity index is 1.54. The van der Waals surface area contributed by atoms with Gasteiger partial charge in [-0.25, -0.2) is 9.97 Å². The zero-order chi connectivity index (χ0) is 22.7. The average Bonchev–Trinajstić information content (AvgIpc) is 2.80. The molecule has 1 saturated carbocycles. The van der Waals surface area contributed by atoms with Crippen LogP contribution in [0.1, 0.15) is 87.2 Å². The first-order chi connectivity index (χ1) is 15.4. The van der Waals surface area contributed by atoms with Crippen molar-refractivity contribution >= 4 is 23.5 Å². The van der Waals surface area contributed by atoms with Crippen LogP contribution in [0, 0.1) is 12.8 Å². The Labute approximate surface area is 189 Å². The Kier molecular flexibility index (Phi) is 7.06. The second-order valence-electron chi connectivity index (χ2n) is 9.62. The summed E-state index contributed by atoms with van der Waals surface area (Å²) in [7, 11) is 0. The number of likely N-dealkylation sites (tertiary alicyclic amines) is 1. The van der Waals surface area contributed by atoms with Crippen LogP contribution < -0.4 is 10.6 Å². The molecule has 2 N–H and O–H groups in total. The van der Waals surface area contributed by atoms with Crippen molar-refractivity contribution in [3.05, 3.63) is 17.1 Å². The highest BCUT2D eigenvalue weighted by atomic mass is 16.2. The molecule has 2 aliphatic heterocycles. The van der Waals surface area contributed by atoms with E-state index in [0.29, 0.717) is 31.8 Å². The van der Waals surface area contributed by atoms with Crippen LogP contribution in [0.3, 0.4) is 0 Å². The Hall–Kier alpha value is -2.51. The normalized spacial score (nSPS) is 22.0. The standard InChI is InChI=1S/C24H35N5O3/c1-16-19-9-11-22(32)29(14-17-6-3-2-4-7-17)24(19)27-23(26-16)18-8-5-13-28(15-18)21(31)12-10-20(25)30/h17-18H,2-15H2,1H3,(H2,25,30). The van der Waals surface area contributed by atoms with Crippen molar-refractivity contribution in [1.82, 2.24) is 14.9 Å². The Morgan fingerprint density at radius 2 is 1.81 bits per heavy atom. The fourth-order valence-electron chi connectivity index (χ4n) is 5.40. The summed E-state index contributed by atoms with van der Waals surface area (Å²) in [6, 6.07) is 0. The van der Waals surface area contributed by atoms with Gasteiger partial charge in [-0.15, -0.1) is 0 Å². The summed E-state index contributed by atoms with van der Waals surface area (Å²) in [5.74, 6) is 1.78. The van der Waals surface area contributed by atoms with Crippen LogP contribution in [0.2, 0.25) is 0 Å². The van der Waals surface area contributed by atoms with Crippen molar-refractivity contribution in [2.75, 3.05) is 24.5 Å². The first-order valence-corrected chi connectivity index (χ1v) is 12.2. The quantitative estimate of drug-likeness (QED) is 0.730. The number of carbonyl (C=O) groups is 3. The lowest BCUT2D eigenvalue weighted by molar-refractivity contribution is -0.134. The van der Waals surface area contributed by atoms with Crippen molar-refractivity contribution in [3.8, 4) is 0 Å².